The van der Waals surface area contributed by atoms with Gasteiger partial charge in [0, 0.05) is 18.5 Å². The standard InChI is InChI=1S/C19H23NO3/c1-14-15(2)20(13-17-9-6-12-22-17)11-10-18(14)23-19(21)16-7-4-3-5-8-16/h3-9,12,14-15,18H,10-11,13H2,1-2H3/t14-,15-,18-/m0/s1. The van der Waals surface area contributed by atoms with Crippen molar-refractivity contribution >= 4 is 5.97 Å². The summed E-state index contributed by atoms with van der Waals surface area (Å²) < 4.78 is 11.2. The smallest absolute Gasteiger partial charge is 0.338 e. The van der Waals surface area contributed by atoms with Gasteiger partial charge in [-0.3, -0.25) is 4.90 Å². The first-order valence-corrected chi connectivity index (χ1v) is 8.17. The van der Waals surface area contributed by atoms with Gasteiger partial charge in [0.15, 0.2) is 0 Å². The molecule has 0 N–H and O–H groups in total. The van der Waals surface area contributed by atoms with Gasteiger partial charge in [-0.25, -0.2) is 4.79 Å². The van der Waals surface area contributed by atoms with Crippen LogP contribution >= 0.6 is 0 Å². The van der Waals surface area contributed by atoms with Crippen LogP contribution in [0.2, 0.25) is 0 Å². The monoisotopic (exact) mass is 313 g/mol. The molecule has 1 aromatic heterocycles. The van der Waals surface area contributed by atoms with E-state index in [4.69, 9.17) is 9.15 Å². The van der Waals surface area contributed by atoms with E-state index in [1.807, 2.05) is 30.3 Å². The number of piperidine rings is 1. The quantitative estimate of drug-likeness (QED) is 0.807. The summed E-state index contributed by atoms with van der Waals surface area (Å²) in [5.74, 6) is 1.03. The lowest BCUT2D eigenvalue weighted by atomic mass is 9.89. The number of hydrogen-bond acceptors (Lipinski definition) is 4. The molecule has 1 aromatic carbocycles. The van der Waals surface area contributed by atoms with E-state index in [9.17, 15) is 4.79 Å². The average Bonchev–Trinajstić information content (AvgIpc) is 3.08. The molecule has 0 bridgehead atoms. The molecule has 3 rings (SSSR count). The third kappa shape index (κ3) is 3.64. The Labute approximate surface area is 137 Å². The Kier molecular flexibility index (Phi) is 4.82. The maximum atomic E-state index is 12.3. The molecule has 0 aliphatic carbocycles. The van der Waals surface area contributed by atoms with Crippen molar-refractivity contribution in [3.8, 4) is 0 Å². The maximum Gasteiger partial charge on any atom is 0.338 e. The van der Waals surface area contributed by atoms with Crippen molar-refractivity contribution in [2.75, 3.05) is 6.54 Å². The molecule has 1 aliphatic rings. The number of hydrogen-bond donors (Lipinski definition) is 0. The van der Waals surface area contributed by atoms with Gasteiger partial charge in [-0.15, -0.1) is 0 Å². The van der Waals surface area contributed by atoms with E-state index in [2.05, 4.69) is 18.7 Å². The lowest BCUT2D eigenvalue weighted by molar-refractivity contribution is -0.0335. The number of rotatable bonds is 4. The summed E-state index contributed by atoms with van der Waals surface area (Å²) in [6, 6.07) is 13.4. The number of carbonyl (C=O) groups excluding carboxylic acids is 1. The minimum atomic E-state index is -0.228. The molecule has 0 radical (unpaired) electrons. The molecule has 0 unspecified atom stereocenters. The Bertz CT molecular complexity index is 623. The van der Waals surface area contributed by atoms with Crippen LogP contribution in [0.4, 0.5) is 0 Å². The van der Waals surface area contributed by atoms with E-state index < -0.39 is 0 Å². The summed E-state index contributed by atoms with van der Waals surface area (Å²) in [5.41, 5.74) is 0.616. The second-order valence-electron chi connectivity index (χ2n) is 6.25. The van der Waals surface area contributed by atoms with Crippen LogP contribution in [0.25, 0.3) is 0 Å². The second-order valence-corrected chi connectivity index (χ2v) is 6.25. The van der Waals surface area contributed by atoms with Crippen molar-refractivity contribution < 1.29 is 13.9 Å². The highest BCUT2D eigenvalue weighted by molar-refractivity contribution is 5.89. The minimum Gasteiger partial charge on any atom is -0.468 e. The first-order valence-electron chi connectivity index (χ1n) is 8.17. The zero-order valence-corrected chi connectivity index (χ0v) is 13.6. The van der Waals surface area contributed by atoms with Crippen LogP contribution in [-0.2, 0) is 11.3 Å². The fourth-order valence-electron chi connectivity index (χ4n) is 3.17. The Hall–Kier alpha value is -2.07. The molecule has 1 saturated heterocycles. The van der Waals surface area contributed by atoms with Gasteiger partial charge in [-0.05, 0) is 37.6 Å². The van der Waals surface area contributed by atoms with Crippen LogP contribution in [0.5, 0.6) is 0 Å². The predicted molar refractivity (Wildman–Crippen MR) is 88.0 cm³/mol. The average molecular weight is 313 g/mol. The molecule has 0 amide bonds. The fourth-order valence-corrected chi connectivity index (χ4v) is 3.17. The van der Waals surface area contributed by atoms with Crippen molar-refractivity contribution in [2.24, 2.45) is 5.92 Å². The van der Waals surface area contributed by atoms with Gasteiger partial charge in [0.2, 0.25) is 0 Å². The van der Waals surface area contributed by atoms with E-state index in [1.165, 1.54) is 0 Å². The second kappa shape index (κ2) is 7.01. The molecular weight excluding hydrogens is 290 g/mol. The van der Waals surface area contributed by atoms with Crippen LogP contribution < -0.4 is 0 Å². The van der Waals surface area contributed by atoms with E-state index in [1.54, 1.807) is 18.4 Å². The Morgan fingerprint density at radius 3 is 2.70 bits per heavy atom. The normalized spacial score (nSPS) is 25.2. The van der Waals surface area contributed by atoms with E-state index in [-0.39, 0.29) is 18.0 Å². The van der Waals surface area contributed by atoms with E-state index >= 15 is 0 Å². The topological polar surface area (TPSA) is 42.7 Å². The van der Waals surface area contributed by atoms with Gasteiger partial charge in [-0.1, -0.05) is 25.1 Å². The summed E-state index contributed by atoms with van der Waals surface area (Å²) in [4.78, 5) is 14.6. The third-order valence-electron chi connectivity index (χ3n) is 4.83. The number of benzene rings is 1. The molecular formula is C19H23NO3. The fraction of sp³-hybridized carbons (Fsp3) is 0.421. The maximum absolute atomic E-state index is 12.3. The van der Waals surface area contributed by atoms with Crippen molar-refractivity contribution in [3.63, 3.8) is 0 Å². The zero-order chi connectivity index (χ0) is 16.2. The van der Waals surface area contributed by atoms with Crippen molar-refractivity contribution in [1.82, 2.24) is 4.90 Å². The van der Waals surface area contributed by atoms with Gasteiger partial charge < -0.3 is 9.15 Å². The molecule has 4 heteroatoms. The molecule has 0 spiro atoms. The van der Waals surface area contributed by atoms with Gasteiger partial charge in [-0.2, -0.15) is 0 Å². The number of carbonyl (C=O) groups is 1. The van der Waals surface area contributed by atoms with E-state index in [0.717, 1.165) is 25.3 Å². The highest BCUT2D eigenvalue weighted by Crippen LogP contribution is 2.28. The van der Waals surface area contributed by atoms with Crippen LogP contribution in [0.1, 0.15) is 36.4 Å². The molecule has 1 aliphatic heterocycles. The SMILES string of the molecule is C[C@@H]1[C@@H](OC(=O)c2ccccc2)CCN(Cc2ccco2)[C@H]1C. The molecule has 2 aromatic rings. The molecule has 23 heavy (non-hydrogen) atoms. The molecule has 3 atom stereocenters. The Balaban J connectivity index is 1.60. The highest BCUT2D eigenvalue weighted by atomic mass is 16.5. The highest BCUT2D eigenvalue weighted by Gasteiger charge is 2.35. The third-order valence-corrected chi connectivity index (χ3v) is 4.83. The van der Waals surface area contributed by atoms with Gasteiger partial charge >= 0.3 is 5.97 Å². The van der Waals surface area contributed by atoms with Crippen LogP contribution in [-0.4, -0.2) is 29.6 Å². The number of nitrogens with zero attached hydrogens (tertiary/aromatic N) is 1. The van der Waals surface area contributed by atoms with E-state index in [0.29, 0.717) is 11.6 Å². The molecule has 4 nitrogen and oxygen atoms in total. The summed E-state index contributed by atoms with van der Waals surface area (Å²) >= 11 is 0. The van der Waals surface area contributed by atoms with Crippen molar-refractivity contribution in [3.05, 3.63) is 60.1 Å². The molecule has 122 valence electrons. The van der Waals surface area contributed by atoms with Gasteiger partial charge in [0.25, 0.3) is 0 Å². The van der Waals surface area contributed by atoms with Crippen LogP contribution in [0.3, 0.4) is 0 Å². The van der Waals surface area contributed by atoms with Gasteiger partial charge in [0.05, 0.1) is 18.4 Å². The van der Waals surface area contributed by atoms with Crippen molar-refractivity contribution in [1.29, 1.82) is 0 Å². The summed E-state index contributed by atoms with van der Waals surface area (Å²) in [7, 11) is 0. The molecule has 1 fully saturated rings. The zero-order valence-electron chi connectivity index (χ0n) is 13.6. The largest absolute Gasteiger partial charge is 0.468 e. The van der Waals surface area contributed by atoms with Crippen LogP contribution in [0.15, 0.2) is 53.1 Å². The summed E-state index contributed by atoms with van der Waals surface area (Å²) in [5, 5.41) is 0. The Morgan fingerprint density at radius 2 is 2.00 bits per heavy atom. The summed E-state index contributed by atoms with van der Waals surface area (Å²) in [6.45, 7) is 6.05. The molecule has 0 saturated carbocycles. The summed E-state index contributed by atoms with van der Waals surface area (Å²) in [6.07, 6.45) is 2.52. The number of furan rings is 1. The lowest BCUT2D eigenvalue weighted by Gasteiger charge is -2.41. The minimum absolute atomic E-state index is 0.0365. The number of ether oxygens (including phenoxy) is 1. The molecule has 2 heterocycles. The first kappa shape index (κ1) is 15.8. The van der Waals surface area contributed by atoms with Gasteiger partial charge in [0.1, 0.15) is 11.9 Å². The van der Waals surface area contributed by atoms with Crippen molar-refractivity contribution in [2.45, 2.75) is 39.0 Å². The van der Waals surface area contributed by atoms with Crippen LogP contribution in [0, 0.1) is 5.92 Å². The number of likely N-dealkylation sites (tertiary alicyclic amines) is 1. The first-order chi connectivity index (χ1) is 11.1. The predicted octanol–water partition coefficient (Wildman–Crippen LogP) is 3.74. The Morgan fingerprint density at radius 1 is 1.22 bits per heavy atom. The number of esters is 1. The lowest BCUT2D eigenvalue weighted by Crippen LogP contribution is -2.49.